The van der Waals surface area contributed by atoms with Crippen molar-refractivity contribution in [3.8, 4) is 0 Å². The Balaban J connectivity index is 1.91. The molecule has 0 N–H and O–H groups in total. The Morgan fingerprint density at radius 3 is 2.67 bits per heavy atom. The van der Waals surface area contributed by atoms with Gasteiger partial charge in [-0.1, -0.05) is 19.3 Å². The molecule has 7 heteroatoms. The summed E-state index contributed by atoms with van der Waals surface area (Å²) in [7, 11) is 0. The van der Waals surface area contributed by atoms with Crippen LogP contribution in [0.15, 0.2) is 0 Å². The lowest BCUT2D eigenvalue weighted by atomic mass is 9.75. The van der Waals surface area contributed by atoms with Crippen LogP contribution in [-0.2, 0) is 0 Å². The molecule has 3 rings (SSSR count). The number of nitro groups is 1. The van der Waals surface area contributed by atoms with Crippen molar-refractivity contribution in [3.05, 3.63) is 21.1 Å². The highest BCUT2D eigenvalue weighted by atomic mass is 35.5. The van der Waals surface area contributed by atoms with Crippen molar-refractivity contribution in [3.63, 3.8) is 0 Å². The first kappa shape index (κ1) is 14.5. The average molecular weight is 311 g/mol. The summed E-state index contributed by atoms with van der Waals surface area (Å²) < 4.78 is 0. The zero-order valence-electron chi connectivity index (χ0n) is 12.1. The number of fused-ring (bicyclic) bond motifs is 1. The van der Waals surface area contributed by atoms with Gasteiger partial charge in [0.1, 0.15) is 5.69 Å². The van der Waals surface area contributed by atoms with Crippen LogP contribution in [0.25, 0.3) is 0 Å². The van der Waals surface area contributed by atoms with Gasteiger partial charge in [-0.05, 0) is 43.2 Å². The minimum absolute atomic E-state index is 0.00587. The lowest BCUT2D eigenvalue weighted by Gasteiger charge is -2.41. The predicted molar refractivity (Wildman–Crippen MR) is 80.7 cm³/mol. The molecule has 1 aromatic rings. The molecular formula is C14H19ClN4O2. The number of hydrogen-bond donors (Lipinski definition) is 0. The summed E-state index contributed by atoms with van der Waals surface area (Å²) in [4.78, 5) is 21.0. The second kappa shape index (κ2) is 5.75. The molecule has 2 fully saturated rings. The van der Waals surface area contributed by atoms with E-state index in [1.54, 1.807) is 6.92 Å². The summed E-state index contributed by atoms with van der Waals surface area (Å²) in [5, 5.41) is 11.4. The third-order valence-corrected chi connectivity index (χ3v) is 4.95. The van der Waals surface area contributed by atoms with E-state index in [0.29, 0.717) is 17.4 Å². The van der Waals surface area contributed by atoms with Crippen LogP contribution in [0.2, 0.25) is 5.28 Å². The number of hydrogen-bond acceptors (Lipinski definition) is 5. The van der Waals surface area contributed by atoms with E-state index in [-0.39, 0.29) is 11.0 Å². The van der Waals surface area contributed by atoms with Gasteiger partial charge in [-0.25, -0.2) is 4.98 Å². The highest BCUT2D eigenvalue weighted by molar-refractivity contribution is 6.28. The fourth-order valence-corrected chi connectivity index (χ4v) is 3.95. The third-order valence-electron chi connectivity index (χ3n) is 4.79. The molecule has 114 valence electrons. The lowest BCUT2D eigenvalue weighted by Crippen LogP contribution is -2.42. The summed E-state index contributed by atoms with van der Waals surface area (Å²) in [5.41, 5.74) is 0.328. The van der Waals surface area contributed by atoms with Crippen LogP contribution in [-0.4, -0.2) is 28.0 Å². The van der Waals surface area contributed by atoms with Crippen molar-refractivity contribution >= 4 is 23.1 Å². The van der Waals surface area contributed by atoms with Crippen LogP contribution in [0, 0.1) is 28.9 Å². The Morgan fingerprint density at radius 2 is 1.95 bits per heavy atom. The number of piperidine rings is 1. The zero-order chi connectivity index (χ0) is 15.0. The predicted octanol–water partition coefficient (Wildman–Crippen LogP) is 3.36. The van der Waals surface area contributed by atoms with Gasteiger partial charge in [0, 0.05) is 13.1 Å². The molecule has 0 spiro atoms. The maximum atomic E-state index is 11.3. The molecule has 1 aromatic heterocycles. The molecule has 1 saturated carbocycles. The standard InChI is InChI=1S/C14H19ClN4O2/c1-9-12(19(20)21)13(17-14(15)16-9)18-7-6-10-4-2-3-5-11(10)8-18/h10-11H,2-8H2,1H3. The maximum Gasteiger partial charge on any atom is 0.332 e. The zero-order valence-corrected chi connectivity index (χ0v) is 12.8. The quantitative estimate of drug-likeness (QED) is 0.476. The molecule has 1 aliphatic carbocycles. The number of aromatic nitrogens is 2. The van der Waals surface area contributed by atoms with Gasteiger partial charge in [-0.2, -0.15) is 4.98 Å². The fraction of sp³-hybridized carbons (Fsp3) is 0.714. The lowest BCUT2D eigenvalue weighted by molar-refractivity contribution is -0.385. The Hall–Kier alpha value is -1.43. The van der Waals surface area contributed by atoms with Gasteiger partial charge < -0.3 is 4.90 Å². The number of rotatable bonds is 2. The van der Waals surface area contributed by atoms with Crippen LogP contribution in [0.1, 0.15) is 37.8 Å². The van der Waals surface area contributed by atoms with Crippen LogP contribution < -0.4 is 4.90 Å². The van der Waals surface area contributed by atoms with E-state index in [2.05, 4.69) is 9.97 Å². The average Bonchev–Trinajstić information content (AvgIpc) is 2.45. The smallest absolute Gasteiger partial charge is 0.332 e. The van der Waals surface area contributed by atoms with Crippen LogP contribution in [0.3, 0.4) is 0 Å². The van der Waals surface area contributed by atoms with Gasteiger partial charge in [0.25, 0.3) is 0 Å². The molecule has 0 aromatic carbocycles. The van der Waals surface area contributed by atoms with Gasteiger partial charge >= 0.3 is 5.69 Å². The largest absolute Gasteiger partial charge is 0.350 e. The molecule has 2 atom stereocenters. The minimum atomic E-state index is -0.395. The SMILES string of the molecule is Cc1nc(Cl)nc(N2CCC3CCCCC3C2)c1[N+](=O)[O-]. The number of halogens is 1. The van der Waals surface area contributed by atoms with Gasteiger partial charge in [0.15, 0.2) is 0 Å². The first-order valence-electron chi connectivity index (χ1n) is 7.49. The number of anilines is 1. The van der Waals surface area contributed by atoms with Gasteiger partial charge in [-0.15, -0.1) is 0 Å². The fourth-order valence-electron chi connectivity index (χ4n) is 3.75. The van der Waals surface area contributed by atoms with E-state index in [4.69, 9.17) is 11.6 Å². The van der Waals surface area contributed by atoms with E-state index < -0.39 is 4.92 Å². The first-order valence-corrected chi connectivity index (χ1v) is 7.87. The monoisotopic (exact) mass is 310 g/mol. The number of aryl methyl sites for hydroxylation is 1. The Labute approximate surface area is 128 Å². The Kier molecular flexibility index (Phi) is 3.97. The van der Waals surface area contributed by atoms with E-state index in [1.807, 2.05) is 4.90 Å². The molecule has 0 amide bonds. The molecule has 2 heterocycles. The van der Waals surface area contributed by atoms with Crippen molar-refractivity contribution in [2.75, 3.05) is 18.0 Å². The second-order valence-corrected chi connectivity index (χ2v) is 6.38. The molecule has 0 bridgehead atoms. The van der Waals surface area contributed by atoms with E-state index in [9.17, 15) is 10.1 Å². The van der Waals surface area contributed by atoms with Crippen LogP contribution >= 0.6 is 11.6 Å². The van der Waals surface area contributed by atoms with Crippen molar-refractivity contribution < 1.29 is 4.92 Å². The highest BCUT2D eigenvalue weighted by Gasteiger charge is 2.35. The van der Waals surface area contributed by atoms with E-state index >= 15 is 0 Å². The molecule has 0 radical (unpaired) electrons. The third kappa shape index (κ3) is 2.81. The Morgan fingerprint density at radius 1 is 1.24 bits per heavy atom. The molecule has 6 nitrogen and oxygen atoms in total. The molecule has 1 saturated heterocycles. The highest BCUT2D eigenvalue weighted by Crippen LogP contribution is 2.39. The summed E-state index contributed by atoms with van der Waals surface area (Å²) >= 11 is 5.91. The van der Waals surface area contributed by atoms with Gasteiger partial charge in [-0.3, -0.25) is 10.1 Å². The molecule has 2 aliphatic rings. The van der Waals surface area contributed by atoms with E-state index in [1.165, 1.54) is 25.7 Å². The molecule has 21 heavy (non-hydrogen) atoms. The second-order valence-electron chi connectivity index (χ2n) is 6.05. The summed E-state index contributed by atoms with van der Waals surface area (Å²) in [6.45, 7) is 3.27. The van der Waals surface area contributed by atoms with Crippen molar-refractivity contribution in [2.24, 2.45) is 11.8 Å². The molecule has 1 aliphatic heterocycles. The summed E-state index contributed by atoms with van der Waals surface area (Å²) in [5.74, 6) is 1.79. The minimum Gasteiger partial charge on any atom is -0.350 e. The number of nitrogens with zero attached hydrogens (tertiary/aromatic N) is 4. The Bertz CT molecular complexity index is 566. The van der Waals surface area contributed by atoms with Crippen molar-refractivity contribution in [1.82, 2.24) is 9.97 Å². The normalized spacial score (nSPS) is 25.5. The molecule has 2 unspecified atom stereocenters. The van der Waals surface area contributed by atoms with Crippen molar-refractivity contribution in [2.45, 2.75) is 39.0 Å². The van der Waals surface area contributed by atoms with Crippen LogP contribution in [0.5, 0.6) is 0 Å². The topological polar surface area (TPSA) is 72.2 Å². The first-order chi connectivity index (χ1) is 10.1. The maximum absolute atomic E-state index is 11.3. The van der Waals surface area contributed by atoms with Crippen molar-refractivity contribution in [1.29, 1.82) is 0 Å². The summed E-state index contributed by atoms with van der Waals surface area (Å²) in [6.07, 6.45) is 6.18. The van der Waals surface area contributed by atoms with E-state index in [0.717, 1.165) is 25.4 Å². The van der Waals surface area contributed by atoms with Crippen LogP contribution in [0.4, 0.5) is 11.5 Å². The summed E-state index contributed by atoms with van der Waals surface area (Å²) in [6, 6.07) is 0. The van der Waals surface area contributed by atoms with Gasteiger partial charge in [0.2, 0.25) is 11.1 Å². The molecular weight excluding hydrogens is 292 g/mol. The van der Waals surface area contributed by atoms with Gasteiger partial charge in [0.05, 0.1) is 4.92 Å².